The zero-order chi connectivity index (χ0) is 17.8. The van der Waals surface area contributed by atoms with Crippen molar-refractivity contribution < 1.29 is 14.3 Å². The molecule has 2 atom stereocenters. The Balaban J connectivity index is 1.67. The summed E-state index contributed by atoms with van der Waals surface area (Å²) in [7, 11) is 0. The highest BCUT2D eigenvalue weighted by Crippen LogP contribution is 2.26. The molecule has 2 unspecified atom stereocenters. The van der Waals surface area contributed by atoms with Gasteiger partial charge in [0.05, 0.1) is 11.0 Å². The van der Waals surface area contributed by atoms with Crippen LogP contribution in [-0.2, 0) is 9.53 Å². The van der Waals surface area contributed by atoms with E-state index in [1.165, 1.54) is 11.3 Å². The molecule has 2 aliphatic rings. The number of carbonyl (C=O) groups excluding carboxylic acids is 2. The van der Waals surface area contributed by atoms with Gasteiger partial charge in [-0.2, -0.15) is 0 Å². The quantitative estimate of drug-likeness (QED) is 0.810. The van der Waals surface area contributed by atoms with Crippen LogP contribution in [0.25, 0.3) is 0 Å². The van der Waals surface area contributed by atoms with Gasteiger partial charge in [-0.1, -0.05) is 0 Å². The second kappa shape index (κ2) is 8.25. The van der Waals surface area contributed by atoms with Gasteiger partial charge in [-0.15, -0.1) is 11.3 Å². The molecule has 8 heteroatoms. The molecule has 2 amide bonds. The number of likely N-dealkylation sites (N-methyl/N-ethyl adjacent to an activating group) is 1. The molecule has 0 aromatic carbocycles. The van der Waals surface area contributed by atoms with Crippen molar-refractivity contribution >= 4 is 23.2 Å². The summed E-state index contributed by atoms with van der Waals surface area (Å²) >= 11 is 1.47. The zero-order valence-corrected chi connectivity index (χ0v) is 15.6. The number of aryl methyl sites for hydroxylation is 1. The summed E-state index contributed by atoms with van der Waals surface area (Å²) in [5.41, 5.74) is 0.460. The number of nitrogens with zero attached hydrogens (tertiary/aromatic N) is 2. The molecule has 2 fully saturated rings. The Labute approximate surface area is 152 Å². The third-order valence-electron chi connectivity index (χ3n) is 4.84. The van der Waals surface area contributed by atoms with Gasteiger partial charge in [0, 0.05) is 43.8 Å². The molecule has 0 aliphatic carbocycles. The number of rotatable bonds is 5. The number of nitrogens with one attached hydrogen (secondary N) is 2. The Morgan fingerprint density at radius 2 is 2.16 bits per heavy atom. The number of carbonyl (C=O) groups is 2. The SMILES string of the molecule is CCNC(=O)C1CC(NC(=O)c2csc(C)n2)CN1C1CCOCC1. The van der Waals surface area contributed by atoms with E-state index in [4.69, 9.17) is 4.74 Å². The molecule has 0 spiro atoms. The average molecular weight is 366 g/mol. The van der Waals surface area contributed by atoms with E-state index in [-0.39, 0.29) is 23.9 Å². The summed E-state index contributed by atoms with van der Waals surface area (Å²) in [5, 5.41) is 8.64. The molecule has 25 heavy (non-hydrogen) atoms. The van der Waals surface area contributed by atoms with Crippen molar-refractivity contribution in [3.63, 3.8) is 0 Å². The van der Waals surface area contributed by atoms with Crippen LogP contribution in [0.15, 0.2) is 5.38 Å². The first-order valence-corrected chi connectivity index (χ1v) is 9.80. The first kappa shape index (κ1) is 18.3. The van der Waals surface area contributed by atoms with Crippen LogP contribution in [0.4, 0.5) is 0 Å². The van der Waals surface area contributed by atoms with Crippen molar-refractivity contribution in [3.8, 4) is 0 Å². The lowest BCUT2D eigenvalue weighted by Crippen LogP contribution is -2.49. The van der Waals surface area contributed by atoms with Gasteiger partial charge in [0.15, 0.2) is 0 Å². The van der Waals surface area contributed by atoms with E-state index in [9.17, 15) is 9.59 Å². The molecule has 0 radical (unpaired) electrons. The molecule has 2 saturated heterocycles. The number of amides is 2. The number of likely N-dealkylation sites (tertiary alicyclic amines) is 1. The lowest BCUT2D eigenvalue weighted by Gasteiger charge is -2.34. The van der Waals surface area contributed by atoms with E-state index in [2.05, 4.69) is 20.5 Å². The van der Waals surface area contributed by atoms with Crippen molar-refractivity contribution in [2.45, 2.75) is 51.2 Å². The molecule has 1 aromatic heterocycles. The lowest BCUT2D eigenvalue weighted by molar-refractivity contribution is -0.126. The number of thiazole rings is 1. The fourth-order valence-corrected chi connectivity index (χ4v) is 4.26. The van der Waals surface area contributed by atoms with Gasteiger partial charge in [0.1, 0.15) is 5.69 Å². The molecule has 7 nitrogen and oxygen atoms in total. The Bertz CT molecular complexity index is 615. The van der Waals surface area contributed by atoms with Gasteiger partial charge in [0.2, 0.25) is 5.91 Å². The summed E-state index contributed by atoms with van der Waals surface area (Å²) in [5.74, 6) is -0.104. The van der Waals surface area contributed by atoms with Crippen LogP contribution in [0, 0.1) is 6.92 Å². The summed E-state index contributed by atoms with van der Waals surface area (Å²) in [4.78, 5) is 31.4. The summed E-state index contributed by atoms with van der Waals surface area (Å²) < 4.78 is 5.45. The number of aromatic nitrogens is 1. The molecule has 0 saturated carbocycles. The van der Waals surface area contributed by atoms with E-state index in [1.54, 1.807) is 5.38 Å². The van der Waals surface area contributed by atoms with Crippen LogP contribution in [0.5, 0.6) is 0 Å². The van der Waals surface area contributed by atoms with E-state index >= 15 is 0 Å². The molecule has 1 aromatic rings. The lowest BCUT2D eigenvalue weighted by atomic mass is 10.1. The van der Waals surface area contributed by atoms with Crippen molar-refractivity contribution in [2.24, 2.45) is 0 Å². The monoisotopic (exact) mass is 366 g/mol. The molecule has 3 heterocycles. The minimum absolute atomic E-state index is 0.0371. The maximum Gasteiger partial charge on any atom is 0.271 e. The van der Waals surface area contributed by atoms with Crippen molar-refractivity contribution in [1.82, 2.24) is 20.5 Å². The van der Waals surface area contributed by atoms with Crippen LogP contribution < -0.4 is 10.6 Å². The topological polar surface area (TPSA) is 83.6 Å². The summed E-state index contributed by atoms with van der Waals surface area (Å²) in [6, 6.07) is 0.111. The normalized spacial score (nSPS) is 25.0. The van der Waals surface area contributed by atoms with Gasteiger partial charge in [-0.05, 0) is 33.1 Å². The van der Waals surface area contributed by atoms with Crippen LogP contribution in [0.1, 0.15) is 41.7 Å². The van der Waals surface area contributed by atoms with Crippen LogP contribution >= 0.6 is 11.3 Å². The highest BCUT2D eigenvalue weighted by atomic mass is 32.1. The van der Waals surface area contributed by atoms with Crippen molar-refractivity contribution in [3.05, 3.63) is 16.1 Å². The maximum atomic E-state index is 12.5. The molecule has 3 rings (SSSR count). The molecule has 2 N–H and O–H groups in total. The zero-order valence-electron chi connectivity index (χ0n) is 14.8. The molecule has 138 valence electrons. The smallest absolute Gasteiger partial charge is 0.271 e. The second-order valence-electron chi connectivity index (χ2n) is 6.61. The largest absolute Gasteiger partial charge is 0.381 e. The van der Waals surface area contributed by atoms with Gasteiger partial charge in [-0.25, -0.2) is 4.98 Å². The molecule has 0 bridgehead atoms. The van der Waals surface area contributed by atoms with Gasteiger partial charge < -0.3 is 15.4 Å². The average Bonchev–Trinajstić information content (AvgIpc) is 3.22. The van der Waals surface area contributed by atoms with E-state index < -0.39 is 0 Å². The van der Waals surface area contributed by atoms with Gasteiger partial charge in [0.25, 0.3) is 5.91 Å². The predicted molar refractivity (Wildman–Crippen MR) is 95.7 cm³/mol. The third-order valence-corrected chi connectivity index (χ3v) is 5.61. The summed E-state index contributed by atoms with van der Waals surface area (Å²) in [6.07, 6.45) is 2.50. The van der Waals surface area contributed by atoms with Crippen LogP contribution in [0.3, 0.4) is 0 Å². The number of hydrogen-bond acceptors (Lipinski definition) is 6. The highest BCUT2D eigenvalue weighted by molar-refractivity contribution is 7.09. The molecule has 2 aliphatic heterocycles. The fourth-order valence-electron chi connectivity index (χ4n) is 3.66. The Kier molecular flexibility index (Phi) is 6.03. The predicted octanol–water partition coefficient (Wildman–Crippen LogP) is 0.939. The summed E-state index contributed by atoms with van der Waals surface area (Å²) in [6.45, 7) is 6.59. The highest BCUT2D eigenvalue weighted by Gasteiger charge is 2.41. The minimum atomic E-state index is -0.189. The van der Waals surface area contributed by atoms with Crippen LogP contribution in [-0.4, -0.2) is 66.1 Å². The number of hydrogen-bond donors (Lipinski definition) is 2. The Morgan fingerprint density at radius 3 is 2.80 bits per heavy atom. The molecular weight excluding hydrogens is 340 g/mol. The Hall–Kier alpha value is -1.51. The first-order valence-electron chi connectivity index (χ1n) is 8.92. The van der Waals surface area contributed by atoms with E-state index in [0.717, 1.165) is 31.1 Å². The fraction of sp³-hybridized carbons (Fsp3) is 0.706. The van der Waals surface area contributed by atoms with Gasteiger partial charge >= 0.3 is 0 Å². The standard InChI is InChI=1S/C17H26N4O3S/c1-3-18-17(23)15-8-12(9-21(15)13-4-6-24-7-5-13)20-16(22)14-10-25-11(2)19-14/h10,12-13,15H,3-9H2,1-2H3,(H,18,23)(H,20,22). The van der Waals surface area contributed by atoms with Crippen LogP contribution in [0.2, 0.25) is 0 Å². The maximum absolute atomic E-state index is 12.5. The first-order chi connectivity index (χ1) is 12.1. The molecular formula is C17H26N4O3S. The van der Waals surface area contributed by atoms with Crippen molar-refractivity contribution in [2.75, 3.05) is 26.3 Å². The third kappa shape index (κ3) is 4.37. The minimum Gasteiger partial charge on any atom is -0.381 e. The van der Waals surface area contributed by atoms with Crippen molar-refractivity contribution in [1.29, 1.82) is 0 Å². The number of ether oxygens (including phenoxy) is 1. The second-order valence-corrected chi connectivity index (χ2v) is 7.67. The van der Waals surface area contributed by atoms with E-state index in [0.29, 0.717) is 31.2 Å². The van der Waals surface area contributed by atoms with Gasteiger partial charge in [-0.3, -0.25) is 14.5 Å². The Morgan fingerprint density at radius 1 is 1.40 bits per heavy atom. The van der Waals surface area contributed by atoms with E-state index in [1.807, 2.05) is 13.8 Å².